The number of piperidine rings is 1. The number of carbonyl (C=O) groups is 2. The molecule has 0 aromatic heterocycles. The van der Waals surface area contributed by atoms with Gasteiger partial charge in [0.05, 0.1) is 25.0 Å². The van der Waals surface area contributed by atoms with Crippen LogP contribution in [0.25, 0.3) is 0 Å². The maximum atomic E-state index is 12.5. The molecule has 0 bridgehead atoms. The molecule has 2 atom stereocenters. The van der Waals surface area contributed by atoms with Crippen molar-refractivity contribution in [3.8, 4) is 0 Å². The summed E-state index contributed by atoms with van der Waals surface area (Å²) in [7, 11) is 0. The minimum Gasteiger partial charge on any atom is -0.356 e. The van der Waals surface area contributed by atoms with Crippen LogP contribution >= 0.6 is 0 Å². The fourth-order valence-electron chi connectivity index (χ4n) is 3.56. The molecule has 2 saturated heterocycles. The normalized spacial score (nSPS) is 28.8. The summed E-state index contributed by atoms with van der Waals surface area (Å²) in [5.74, 6) is -0.488. The number of ether oxygens (including phenoxy) is 2. The van der Waals surface area contributed by atoms with Crippen molar-refractivity contribution in [3.05, 3.63) is 0 Å². The Kier molecular flexibility index (Phi) is 5.21. The quantitative estimate of drug-likeness (QED) is 0.748. The predicted octanol–water partition coefficient (Wildman–Crippen LogP) is 1.29. The SMILES string of the molecule is CCCCCNC(=O)C1CC1C(=O)N1CCC2(CC1)OCCO2. The molecular formula is C17H28N2O4. The number of nitrogens with one attached hydrogen (secondary N) is 1. The molecule has 1 aliphatic carbocycles. The molecule has 2 heterocycles. The van der Waals surface area contributed by atoms with E-state index >= 15 is 0 Å². The van der Waals surface area contributed by atoms with Crippen molar-refractivity contribution in [2.45, 2.75) is 51.2 Å². The van der Waals surface area contributed by atoms with Gasteiger partial charge in [-0.3, -0.25) is 9.59 Å². The fourth-order valence-corrected chi connectivity index (χ4v) is 3.56. The summed E-state index contributed by atoms with van der Waals surface area (Å²) >= 11 is 0. The van der Waals surface area contributed by atoms with Crippen molar-refractivity contribution in [2.24, 2.45) is 11.8 Å². The zero-order valence-electron chi connectivity index (χ0n) is 14.0. The van der Waals surface area contributed by atoms with E-state index in [-0.39, 0.29) is 23.7 Å². The highest BCUT2D eigenvalue weighted by molar-refractivity contribution is 5.92. The third kappa shape index (κ3) is 3.86. The lowest BCUT2D eigenvalue weighted by Gasteiger charge is -2.37. The van der Waals surface area contributed by atoms with Crippen molar-refractivity contribution in [1.82, 2.24) is 10.2 Å². The minimum absolute atomic E-state index is 0.0513. The van der Waals surface area contributed by atoms with Crippen LogP contribution in [-0.2, 0) is 19.1 Å². The fraction of sp³-hybridized carbons (Fsp3) is 0.882. The molecule has 0 radical (unpaired) electrons. The monoisotopic (exact) mass is 324 g/mol. The number of carbonyl (C=O) groups excluding carboxylic acids is 2. The Balaban J connectivity index is 1.39. The summed E-state index contributed by atoms with van der Waals surface area (Å²) in [5, 5.41) is 2.96. The molecule has 3 aliphatic rings. The Morgan fingerprint density at radius 2 is 1.83 bits per heavy atom. The second-order valence-corrected chi connectivity index (χ2v) is 6.88. The Hall–Kier alpha value is -1.14. The zero-order chi connectivity index (χ0) is 16.3. The number of unbranched alkanes of at least 4 members (excludes halogenated alkanes) is 2. The minimum atomic E-state index is -0.448. The van der Waals surface area contributed by atoms with E-state index in [1.165, 1.54) is 0 Å². The Morgan fingerprint density at radius 3 is 2.48 bits per heavy atom. The standard InChI is InChI=1S/C17H28N2O4/c1-2-3-4-7-18-15(20)13-12-14(13)16(21)19-8-5-17(6-9-19)22-10-11-23-17/h13-14H,2-12H2,1H3,(H,18,20). The molecule has 6 nitrogen and oxygen atoms in total. The number of likely N-dealkylation sites (tertiary alicyclic amines) is 1. The first kappa shape index (κ1) is 16.7. The van der Waals surface area contributed by atoms with Crippen LogP contribution in [0.15, 0.2) is 0 Å². The van der Waals surface area contributed by atoms with Gasteiger partial charge in [0.25, 0.3) is 0 Å². The van der Waals surface area contributed by atoms with E-state index in [0.29, 0.717) is 32.7 Å². The summed E-state index contributed by atoms with van der Waals surface area (Å²) in [6, 6.07) is 0. The molecular weight excluding hydrogens is 296 g/mol. The van der Waals surface area contributed by atoms with Gasteiger partial charge in [0, 0.05) is 32.5 Å². The zero-order valence-corrected chi connectivity index (χ0v) is 14.0. The first-order valence-corrected chi connectivity index (χ1v) is 8.99. The van der Waals surface area contributed by atoms with Crippen molar-refractivity contribution in [1.29, 1.82) is 0 Å². The molecule has 3 rings (SSSR count). The lowest BCUT2D eigenvalue weighted by atomic mass is 10.0. The second-order valence-electron chi connectivity index (χ2n) is 6.88. The molecule has 23 heavy (non-hydrogen) atoms. The second kappa shape index (κ2) is 7.18. The highest BCUT2D eigenvalue weighted by Crippen LogP contribution is 2.41. The lowest BCUT2D eigenvalue weighted by molar-refractivity contribution is -0.187. The van der Waals surface area contributed by atoms with Gasteiger partial charge in [-0.15, -0.1) is 0 Å². The van der Waals surface area contributed by atoms with E-state index < -0.39 is 5.79 Å². The van der Waals surface area contributed by atoms with Gasteiger partial charge in [-0.05, 0) is 12.8 Å². The third-order valence-corrected chi connectivity index (χ3v) is 5.17. The number of rotatable bonds is 6. The predicted molar refractivity (Wildman–Crippen MR) is 84.6 cm³/mol. The van der Waals surface area contributed by atoms with E-state index in [0.717, 1.165) is 38.6 Å². The van der Waals surface area contributed by atoms with E-state index in [1.807, 2.05) is 4.90 Å². The highest BCUT2D eigenvalue weighted by atomic mass is 16.7. The molecule has 6 heteroatoms. The van der Waals surface area contributed by atoms with Gasteiger partial charge in [-0.2, -0.15) is 0 Å². The summed E-state index contributed by atoms with van der Waals surface area (Å²) in [5.41, 5.74) is 0. The summed E-state index contributed by atoms with van der Waals surface area (Å²) < 4.78 is 11.4. The van der Waals surface area contributed by atoms with Crippen LogP contribution in [0, 0.1) is 11.8 Å². The topological polar surface area (TPSA) is 67.9 Å². The van der Waals surface area contributed by atoms with Crippen LogP contribution in [0.1, 0.15) is 45.4 Å². The van der Waals surface area contributed by atoms with Crippen molar-refractivity contribution >= 4 is 11.8 Å². The van der Waals surface area contributed by atoms with Crippen LogP contribution < -0.4 is 5.32 Å². The van der Waals surface area contributed by atoms with Crippen LogP contribution in [0.4, 0.5) is 0 Å². The van der Waals surface area contributed by atoms with Gasteiger partial charge >= 0.3 is 0 Å². The van der Waals surface area contributed by atoms with Gasteiger partial charge in [0.1, 0.15) is 0 Å². The molecule has 1 saturated carbocycles. The van der Waals surface area contributed by atoms with E-state index in [4.69, 9.17) is 9.47 Å². The maximum Gasteiger partial charge on any atom is 0.226 e. The van der Waals surface area contributed by atoms with Crippen LogP contribution in [-0.4, -0.2) is 55.3 Å². The Morgan fingerprint density at radius 1 is 1.13 bits per heavy atom. The van der Waals surface area contributed by atoms with Gasteiger partial charge in [-0.25, -0.2) is 0 Å². The van der Waals surface area contributed by atoms with Gasteiger partial charge in [-0.1, -0.05) is 19.8 Å². The van der Waals surface area contributed by atoms with E-state index in [2.05, 4.69) is 12.2 Å². The average Bonchev–Trinajstić information content (AvgIpc) is 3.26. The van der Waals surface area contributed by atoms with Gasteiger partial charge in [0.2, 0.25) is 11.8 Å². The molecule has 1 N–H and O–H groups in total. The highest BCUT2D eigenvalue weighted by Gasteiger charge is 2.51. The molecule has 2 amide bonds. The Bertz CT molecular complexity index is 438. The van der Waals surface area contributed by atoms with Gasteiger partial charge < -0.3 is 19.7 Å². The molecule has 0 aromatic carbocycles. The largest absolute Gasteiger partial charge is 0.356 e. The number of amides is 2. The summed E-state index contributed by atoms with van der Waals surface area (Å²) in [4.78, 5) is 26.4. The molecule has 3 fully saturated rings. The van der Waals surface area contributed by atoms with Crippen LogP contribution in [0.2, 0.25) is 0 Å². The Labute approximate surface area is 137 Å². The number of hydrogen-bond donors (Lipinski definition) is 1. The first-order chi connectivity index (χ1) is 11.2. The third-order valence-electron chi connectivity index (χ3n) is 5.17. The summed E-state index contributed by atoms with van der Waals surface area (Å²) in [6.07, 6.45) is 5.46. The number of hydrogen-bond acceptors (Lipinski definition) is 4. The molecule has 2 unspecified atom stereocenters. The average molecular weight is 324 g/mol. The number of nitrogens with zero attached hydrogens (tertiary/aromatic N) is 1. The maximum absolute atomic E-state index is 12.5. The molecule has 1 spiro atoms. The lowest BCUT2D eigenvalue weighted by Crippen LogP contribution is -2.48. The summed E-state index contributed by atoms with van der Waals surface area (Å²) in [6.45, 7) is 5.50. The first-order valence-electron chi connectivity index (χ1n) is 8.99. The van der Waals surface area contributed by atoms with Crippen molar-refractivity contribution < 1.29 is 19.1 Å². The van der Waals surface area contributed by atoms with Gasteiger partial charge in [0.15, 0.2) is 5.79 Å². The van der Waals surface area contributed by atoms with Crippen LogP contribution in [0.3, 0.4) is 0 Å². The van der Waals surface area contributed by atoms with Crippen molar-refractivity contribution in [3.63, 3.8) is 0 Å². The van der Waals surface area contributed by atoms with E-state index in [9.17, 15) is 9.59 Å². The van der Waals surface area contributed by atoms with Crippen LogP contribution in [0.5, 0.6) is 0 Å². The molecule has 2 aliphatic heterocycles. The molecule has 130 valence electrons. The smallest absolute Gasteiger partial charge is 0.226 e. The molecule has 0 aromatic rings. The van der Waals surface area contributed by atoms with Crippen molar-refractivity contribution in [2.75, 3.05) is 32.8 Å². The van der Waals surface area contributed by atoms with E-state index in [1.54, 1.807) is 0 Å².